The second kappa shape index (κ2) is 7.42. The van der Waals surface area contributed by atoms with Gasteiger partial charge in [0.05, 0.1) is 4.47 Å². The Morgan fingerprint density at radius 3 is 2.41 bits per heavy atom. The van der Waals surface area contributed by atoms with Gasteiger partial charge in [0, 0.05) is 10.6 Å². The van der Waals surface area contributed by atoms with Crippen LogP contribution in [0.1, 0.15) is 17.3 Å². The van der Waals surface area contributed by atoms with Crippen molar-refractivity contribution in [3.05, 3.63) is 57.5 Å². The molecule has 2 rings (SSSR count). The second-order valence-corrected chi connectivity index (χ2v) is 5.71. The van der Waals surface area contributed by atoms with Crippen molar-refractivity contribution in [1.82, 2.24) is 0 Å². The van der Waals surface area contributed by atoms with Crippen molar-refractivity contribution >= 4 is 39.3 Å². The molecule has 0 aliphatic heterocycles. The highest BCUT2D eigenvalue weighted by molar-refractivity contribution is 9.10. The van der Waals surface area contributed by atoms with E-state index in [1.807, 2.05) is 0 Å². The average molecular weight is 384 g/mol. The van der Waals surface area contributed by atoms with Gasteiger partial charge >= 0.3 is 5.97 Å². The van der Waals surface area contributed by atoms with E-state index in [0.29, 0.717) is 26.6 Å². The summed E-state index contributed by atoms with van der Waals surface area (Å²) < 4.78 is 11.1. The van der Waals surface area contributed by atoms with Crippen LogP contribution in [0.5, 0.6) is 11.5 Å². The van der Waals surface area contributed by atoms with E-state index in [-0.39, 0.29) is 12.4 Å². The maximum absolute atomic E-state index is 11.7. The topological polar surface area (TPSA) is 52.6 Å². The van der Waals surface area contributed by atoms with Crippen LogP contribution in [-0.2, 0) is 4.79 Å². The molecule has 0 bridgehead atoms. The normalized spacial score (nSPS) is 10.1. The van der Waals surface area contributed by atoms with Gasteiger partial charge in [-0.2, -0.15) is 0 Å². The van der Waals surface area contributed by atoms with Crippen LogP contribution >= 0.6 is 27.5 Å². The summed E-state index contributed by atoms with van der Waals surface area (Å²) in [5.74, 6) is 0.277. The Balaban J connectivity index is 1.91. The van der Waals surface area contributed by atoms with E-state index in [2.05, 4.69) is 15.9 Å². The second-order valence-electron chi connectivity index (χ2n) is 4.42. The van der Waals surface area contributed by atoms with Gasteiger partial charge < -0.3 is 9.47 Å². The fourth-order valence-corrected chi connectivity index (χ4v) is 2.40. The van der Waals surface area contributed by atoms with Crippen LogP contribution in [0.15, 0.2) is 46.9 Å². The molecule has 0 amide bonds. The molecule has 0 aliphatic rings. The van der Waals surface area contributed by atoms with E-state index in [1.165, 1.54) is 6.92 Å². The summed E-state index contributed by atoms with van der Waals surface area (Å²) in [5.41, 5.74) is 0.583. The number of ketones is 1. The van der Waals surface area contributed by atoms with Gasteiger partial charge in [-0.1, -0.05) is 11.6 Å². The van der Waals surface area contributed by atoms with E-state index in [1.54, 1.807) is 42.5 Å². The number of carbonyl (C=O) groups is 2. The van der Waals surface area contributed by atoms with E-state index in [4.69, 9.17) is 21.1 Å². The number of esters is 1. The molecule has 0 spiro atoms. The van der Waals surface area contributed by atoms with Gasteiger partial charge in [0.2, 0.25) is 0 Å². The predicted molar refractivity (Wildman–Crippen MR) is 86.7 cm³/mol. The average Bonchev–Trinajstić information content (AvgIpc) is 2.48. The number of halogens is 2. The monoisotopic (exact) mass is 382 g/mol. The van der Waals surface area contributed by atoms with Crippen molar-refractivity contribution in [1.29, 1.82) is 0 Å². The fraction of sp³-hybridized carbons (Fsp3) is 0.125. The van der Waals surface area contributed by atoms with Gasteiger partial charge in [0.25, 0.3) is 0 Å². The third kappa shape index (κ3) is 4.58. The quantitative estimate of drug-likeness (QED) is 0.439. The Morgan fingerprint density at radius 1 is 1.14 bits per heavy atom. The lowest BCUT2D eigenvalue weighted by Gasteiger charge is -2.08. The molecule has 0 heterocycles. The first kappa shape index (κ1) is 16.5. The van der Waals surface area contributed by atoms with Crippen molar-refractivity contribution in [3.8, 4) is 11.5 Å². The summed E-state index contributed by atoms with van der Waals surface area (Å²) in [5, 5.41) is 0.536. The highest BCUT2D eigenvalue weighted by atomic mass is 79.9. The maximum atomic E-state index is 11.7. The molecule has 4 nitrogen and oxygen atoms in total. The first-order chi connectivity index (χ1) is 10.5. The van der Waals surface area contributed by atoms with Crippen LogP contribution in [0.3, 0.4) is 0 Å². The van der Waals surface area contributed by atoms with E-state index in [0.717, 1.165) is 0 Å². The minimum absolute atomic E-state index is 0.0291. The van der Waals surface area contributed by atoms with Crippen molar-refractivity contribution in [2.75, 3.05) is 6.61 Å². The van der Waals surface area contributed by atoms with Crippen LogP contribution in [-0.4, -0.2) is 18.4 Å². The van der Waals surface area contributed by atoms with E-state index < -0.39 is 5.97 Å². The molecule has 0 atom stereocenters. The molecule has 0 fully saturated rings. The summed E-state index contributed by atoms with van der Waals surface area (Å²) in [4.78, 5) is 22.9. The number of hydrogen-bond acceptors (Lipinski definition) is 4. The SMILES string of the molecule is CC(=O)c1ccc(OCC(=O)Oc2ccc(Cl)cc2Br)cc1. The molecule has 114 valence electrons. The summed E-state index contributed by atoms with van der Waals surface area (Å²) in [7, 11) is 0. The van der Waals surface area contributed by atoms with Crippen LogP contribution in [0.2, 0.25) is 5.02 Å². The Kier molecular flexibility index (Phi) is 5.57. The van der Waals surface area contributed by atoms with Gasteiger partial charge in [-0.3, -0.25) is 4.79 Å². The zero-order valence-electron chi connectivity index (χ0n) is 11.6. The van der Waals surface area contributed by atoms with Gasteiger partial charge in [-0.25, -0.2) is 4.79 Å². The number of Topliss-reactive ketones (excluding diaryl/α,β-unsaturated/α-hetero) is 1. The van der Waals surface area contributed by atoms with Crippen LogP contribution in [0.25, 0.3) is 0 Å². The van der Waals surface area contributed by atoms with Crippen molar-refractivity contribution in [2.45, 2.75) is 6.92 Å². The Labute approximate surface area is 141 Å². The van der Waals surface area contributed by atoms with Crippen LogP contribution in [0.4, 0.5) is 0 Å². The molecule has 0 aromatic heterocycles. The lowest BCUT2D eigenvalue weighted by molar-refractivity contribution is -0.136. The van der Waals surface area contributed by atoms with Crippen LogP contribution < -0.4 is 9.47 Å². The first-order valence-electron chi connectivity index (χ1n) is 6.35. The number of benzene rings is 2. The molecule has 22 heavy (non-hydrogen) atoms. The third-order valence-corrected chi connectivity index (χ3v) is 3.59. The summed E-state index contributed by atoms with van der Waals surface area (Å²) in [6, 6.07) is 11.4. The van der Waals surface area contributed by atoms with Crippen LogP contribution in [0, 0.1) is 0 Å². The van der Waals surface area contributed by atoms with Gasteiger partial charge in [0.1, 0.15) is 11.5 Å². The molecule has 0 radical (unpaired) electrons. The minimum atomic E-state index is -0.543. The van der Waals surface area contributed by atoms with Gasteiger partial charge in [-0.05, 0) is 65.3 Å². The molecule has 6 heteroatoms. The lowest BCUT2D eigenvalue weighted by Crippen LogP contribution is -2.17. The van der Waals surface area contributed by atoms with Crippen molar-refractivity contribution < 1.29 is 19.1 Å². The molecular weight excluding hydrogens is 372 g/mol. The minimum Gasteiger partial charge on any atom is -0.482 e. The smallest absolute Gasteiger partial charge is 0.349 e. The summed E-state index contributed by atoms with van der Waals surface area (Å²) in [6.45, 7) is 1.24. The predicted octanol–water partition coefficient (Wildman–Crippen LogP) is 4.29. The van der Waals surface area contributed by atoms with Gasteiger partial charge in [0.15, 0.2) is 12.4 Å². The molecule has 0 saturated carbocycles. The standard InChI is InChI=1S/C16H12BrClO4/c1-10(19)11-2-5-13(6-3-11)21-9-16(20)22-15-7-4-12(18)8-14(15)17/h2-8H,9H2,1H3. The van der Waals surface area contributed by atoms with E-state index >= 15 is 0 Å². The van der Waals surface area contributed by atoms with Gasteiger partial charge in [-0.15, -0.1) is 0 Å². The summed E-state index contributed by atoms with van der Waals surface area (Å²) in [6.07, 6.45) is 0. The molecule has 2 aromatic carbocycles. The maximum Gasteiger partial charge on any atom is 0.349 e. The summed E-state index contributed by atoms with van der Waals surface area (Å²) >= 11 is 9.07. The molecule has 0 unspecified atom stereocenters. The first-order valence-corrected chi connectivity index (χ1v) is 7.52. The number of hydrogen-bond donors (Lipinski definition) is 0. The number of carbonyl (C=O) groups excluding carboxylic acids is 2. The highest BCUT2D eigenvalue weighted by Crippen LogP contribution is 2.28. The number of ether oxygens (including phenoxy) is 2. The third-order valence-electron chi connectivity index (χ3n) is 2.74. The molecule has 0 aliphatic carbocycles. The zero-order chi connectivity index (χ0) is 16.1. The lowest BCUT2D eigenvalue weighted by atomic mass is 10.1. The van der Waals surface area contributed by atoms with E-state index in [9.17, 15) is 9.59 Å². The Morgan fingerprint density at radius 2 is 1.82 bits per heavy atom. The Bertz CT molecular complexity index is 698. The zero-order valence-corrected chi connectivity index (χ0v) is 14.0. The number of rotatable bonds is 5. The highest BCUT2D eigenvalue weighted by Gasteiger charge is 2.10. The molecule has 0 N–H and O–H groups in total. The molecule has 2 aromatic rings. The molecule has 0 saturated heterocycles. The van der Waals surface area contributed by atoms with Crippen molar-refractivity contribution in [3.63, 3.8) is 0 Å². The largest absolute Gasteiger partial charge is 0.482 e. The Hall–Kier alpha value is -1.85. The molecular formula is C16H12BrClO4. The van der Waals surface area contributed by atoms with Crippen molar-refractivity contribution in [2.24, 2.45) is 0 Å². The fourth-order valence-electron chi connectivity index (χ4n) is 1.64.